The fourth-order valence-corrected chi connectivity index (χ4v) is 4.34. The number of nitrogens with zero attached hydrogens (tertiary/aromatic N) is 2. The van der Waals surface area contributed by atoms with Crippen LogP contribution in [0.2, 0.25) is 0 Å². The number of nitrogens with one attached hydrogen (secondary N) is 1. The summed E-state index contributed by atoms with van der Waals surface area (Å²) in [5.41, 5.74) is 3.79. The van der Waals surface area contributed by atoms with Gasteiger partial charge in [0.2, 0.25) is 0 Å². The highest BCUT2D eigenvalue weighted by molar-refractivity contribution is 6.11. The van der Waals surface area contributed by atoms with Gasteiger partial charge in [0.05, 0.1) is 5.52 Å². The third-order valence-corrected chi connectivity index (χ3v) is 5.82. The normalized spacial score (nSPS) is 15.2. The topological polar surface area (TPSA) is 29.4 Å². The van der Waals surface area contributed by atoms with Crippen molar-refractivity contribution in [3.05, 3.63) is 78.4 Å². The molecule has 0 saturated carbocycles. The van der Waals surface area contributed by atoms with Crippen molar-refractivity contribution in [1.29, 1.82) is 0 Å². The Kier molecular flexibility index (Phi) is 5.20. The van der Waals surface area contributed by atoms with E-state index in [-0.39, 0.29) is 0 Å². The van der Waals surface area contributed by atoms with Crippen molar-refractivity contribution in [2.45, 2.75) is 6.54 Å². The van der Waals surface area contributed by atoms with Crippen LogP contribution in [0.25, 0.3) is 21.8 Å². The number of ether oxygens (including phenoxy) is 1. The third kappa shape index (κ3) is 3.74. The van der Waals surface area contributed by atoms with E-state index in [1.807, 2.05) is 0 Å². The van der Waals surface area contributed by atoms with E-state index in [1.54, 1.807) is 0 Å². The van der Waals surface area contributed by atoms with Gasteiger partial charge in [-0.25, -0.2) is 0 Å². The second-order valence-electron chi connectivity index (χ2n) is 7.68. The number of aromatic nitrogens is 1. The number of piperazine rings is 1. The Bertz CT molecular complexity index is 1100. The predicted octanol–water partition coefficient (Wildman–Crippen LogP) is 4.13. The van der Waals surface area contributed by atoms with Crippen LogP contribution in [-0.4, -0.2) is 48.8 Å². The average Bonchev–Trinajstić information content (AvgIpc) is 3.10. The lowest BCUT2D eigenvalue weighted by Gasteiger charge is -2.27. The summed E-state index contributed by atoms with van der Waals surface area (Å²) in [5, 5.41) is 5.89. The molecular formula is C25H27N3O. The Labute approximate surface area is 171 Å². The largest absolute Gasteiger partial charge is 0.492 e. The van der Waals surface area contributed by atoms with Crippen LogP contribution in [0, 0.1) is 0 Å². The molecule has 1 N–H and O–H groups in total. The smallest absolute Gasteiger partial charge is 0.129 e. The number of hydrogen-bond acceptors (Lipinski definition) is 3. The number of hydrogen-bond donors (Lipinski definition) is 1. The molecule has 5 rings (SSSR count). The molecule has 4 heteroatoms. The fourth-order valence-electron chi connectivity index (χ4n) is 4.34. The molecule has 1 aliphatic heterocycles. The maximum absolute atomic E-state index is 6.32. The summed E-state index contributed by atoms with van der Waals surface area (Å²) >= 11 is 0. The number of fused-ring (bicyclic) bond motifs is 3. The number of para-hydroxylation sites is 1. The van der Waals surface area contributed by atoms with Gasteiger partial charge in [-0.2, -0.15) is 0 Å². The van der Waals surface area contributed by atoms with Crippen molar-refractivity contribution in [1.82, 2.24) is 14.8 Å². The lowest BCUT2D eigenvalue weighted by molar-refractivity contribution is 0.192. The standard InChI is InChI=1S/C25H27N3O/c1-2-7-20(8-3-1)19-28-22-10-5-4-9-21(22)25-23(28)11-6-12-24(25)29-18-17-27-15-13-26-14-16-27/h1-12,26H,13-19H2. The van der Waals surface area contributed by atoms with Gasteiger partial charge in [0, 0.05) is 55.6 Å². The molecule has 3 aromatic carbocycles. The molecule has 0 unspecified atom stereocenters. The first-order chi connectivity index (χ1) is 14.4. The Morgan fingerprint density at radius 2 is 1.55 bits per heavy atom. The van der Waals surface area contributed by atoms with Crippen molar-refractivity contribution >= 4 is 21.8 Å². The van der Waals surface area contributed by atoms with Gasteiger partial charge >= 0.3 is 0 Å². The van der Waals surface area contributed by atoms with Crippen LogP contribution in [0.15, 0.2) is 72.8 Å². The average molecular weight is 386 g/mol. The second-order valence-corrected chi connectivity index (χ2v) is 7.68. The van der Waals surface area contributed by atoms with Crippen molar-refractivity contribution in [3.8, 4) is 5.75 Å². The molecule has 1 saturated heterocycles. The Hall–Kier alpha value is -2.82. The van der Waals surface area contributed by atoms with Crippen molar-refractivity contribution < 1.29 is 4.74 Å². The lowest BCUT2D eigenvalue weighted by atomic mass is 10.1. The highest BCUT2D eigenvalue weighted by atomic mass is 16.5. The van der Waals surface area contributed by atoms with Crippen LogP contribution in [0.4, 0.5) is 0 Å². The van der Waals surface area contributed by atoms with Gasteiger partial charge in [-0.05, 0) is 23.8 Å². The summed E-state index contributed by atoms with van der Waals surface area (Å²) in [5.74, 6) is 0.987. The van der Waals surface area contributed by atoms with Crippen LogP contribution in [0.3, 0.4) is 0 Å². The quantitative estimate of drug-likeness (QED) is 0.541. The highest BCUT2D eigenvalue weighted by Crippen LogP contribution is 2.36. The van der Waals surface area contributed by atoms with E-state index in [4.69, 9.17) is 4.74 Å². The molecule has 2 heterocycles. The molecule has 1 aliphatic rings. The van der Waals surface area contributed by atoms with Crippen molar-refractivity contribution in [2.75, 3.05) is 39.3 Å². The van der Waals surface area contributed by atoms with Crippen molar-refractivity contribution in [2.24, 2.45) is 0 Å². The lowest BCUT2D eigenvalue weighted by Crippen LogP contribution is -2.44. The van der Waals surface area contributed by atoms with Gasteiger partial charge in [0.1, 0.15) is 12.4 Å². The molecule has 1 fully saturated rings. The maximum Gasteiger partial charge on any atom is 0.129 e. The number of benzene rings is 3. The van der Waals surface area contributed by atoms with Gasteiger partial charge in [-0.15, -0.1) is 0 Å². The van der Waals surface area contributed by atoms with E-state index in [1.165, 1.54) is 27.4 Å². The predicted molar refractivity (Wildman–Crippen MR) is 120 cm³/mol. The molecule has 29 heavy (non-hydrogen) atoms. The van der Waals surface area contributed by atoms with E-state index in [2.05, 4.69) is 87.6 Å². The van der Waals surface area contributed by atoms with Gasteiger partial charge in [-0.1, -0.05) is 54.6 Å². The Morgan fingerprint density at radius 3 is 2.41 bits per heavy atom. The summed E-state index contributed by atoms with van der Waals surface area (Å²) in [6.07, 6.45) is 0. The zero-order valence-electron chi connectivity index (χ0n) is 16.7. The highest BCUT2D eigenvalue weighted by Gasteiger charge is 2.15. The van der Waals surface area contributed by atoms with E-state index in [0.717, 1.165) is 51.6 Å². The van der Waals surface area contributed by atoms with E-state index >= 15 is 0 Å². The molecule has 148 valence electrons. The first-order valence-electron chi connectivity index (χ1n) is 10.5. The molecule has 1 aromatic heterocycles. The molecule has 0 amide bonds. The Balaban J connectivity index is 1.48. The summed E-state index contributed by atoms with van der Waals surface area (Å²) in [6, 6.07) is 25.7. The Morgan fingerprint density at radius 1 is 0.793 bits per heavy atom. The molecule has 0 spiro atoms. The van der Waals surface area contributed by atoms with Crippen LogP contribution in [-0.2, 0) is 6.54 Å². The minimum absolute atomic E-state index is 0.720. The minimum atomic E-state index is 0.720. The molecule has 4 aromatic rings. The zero-order chi connectivity index (χ0) is 19.5. The van der Waals surface area contributed by atoms with E-state index in [0.29, 0.717) is 0 Å². The summed E-state index contributed by atoms with van der Waals surface area (Å²) in [4.78, 5) is 2.47. The minimum Gasteiger partial charge on any atom is -0.492 e. The second kappa shape index (κ2) is 8.27. The van der Waals surface area contributed by atoms with E-state index in [9.17, 15) is 0 Å². The SMILES string of the molecule is c1ccc(Cn2c3ccccc3c3c(OCCN4CCNCC4)cccc32)cc1. The third-order valence-electron chi connectivity index (χ3n) is 5.82. The first kappa shape index (κ1) is 18.2. The summed E-state index contributed by atoms with van der Waals surface area (Å²) in [7, 11) is 0. The summed E-state index contributed by atoms with van der Waals surface area (Å²) in [6.45, 7) is 6.89. The molecule has 4 nitrogen and oxygen atoms in total. The zero-order valence-corrected chi connectivity index (χ0v) is 16.7. The van der Waals surface area contributed by atoms with Crippen LogP contribution in [0.5, 0.6) is 5.75 Å². The van der Waals surface area contributed by atoms with Crippen LogP contribution < -0.4 is 10.1 Å². The van der Waals surface area contributed by atoms with Crippen LogP contribution >= 0.6 is 0 Å². The summed E-state index contributed by atoms with van der Waals surface area (Å²) < 4.78 is 8.72. The van der Waals surface area contributed by atoms with Gasteiger partial charge in [-0.3, -0.25) is 4.90 Å². The molecule has 0 bridgehead atoms. The first-order valence-corrected chi connectivity index (χ1v) is 10.5. The number of rotatable bonds is 6. The van der Waals surface area contributed by atoms with Crippen molar-refractivity contribution in [3.63, 3.8) is 0 Å². The molecule has 0 atom stereocenters. The molecule has 0 aliphatic carbocycles. The monoisotopic (exact) mass is 385 g/mol. The molecular weight excluding hydrogens is 358 g/mol. The molecule has 0 radical (unpaired) electrons. The fraction of sp³-hybridized carbons (Fsp3) is 0.280. The van der Waals surface area contributed by atoms with E-state index < -0.39 is 0 Å². The van der Waals surface area contributed by atoms with Gasteiger partial charge in [0.15, 0.2) is 0 Å². The van der Waals surface area contributed by atoms with Gasteiger partial charge < -0.3 is 14.6 Å². The van der Waals surface area contributed by atoms with Gasteiger partial charge in [0.25, 0.3) is 0 Å². The maximum atomic E-state index is 6.32. The van der Waals surface area contributed by atoms with Crippen LogP contribution in [0.1, 0.15) is 5.56 Å².